The van der Waals surface area contributed by atoms with Crippen LogP contribution in [0.1, 0.15) is 16.8 Å². The summed E-state index contributed by atoms with van der Waals surface area (Å²) in [4.78, 5) is 42.4. The number of benzene rings is 1. The normalized spacial score (nSPS) is 37.9. The molecule has 0 unspecified atom stereocenters. The number of allylic oxidation sites excluding steroid dienone is 2. The van der Waals surface area contributed by atoms with Crippen LogP contribution in [0.2, 0.25) is 0 Å². The number of nitrogens with zero attached hydrogens (tertiary/aromatic N) is 2. The van der Waals surface area contributed by atoms with Gasteiger partial charge in [-0.3, -0.25) is 14.4 Å². The number of carbonyl (C=O) groups excluding carboxylic acids is 3. The molecule has 6 aliphatic rings. The maximum absolute atomic E-state index is 13.2. The predicted octanol–water partition coefficient (Wildman–Crippen LogP) is 1.72. The minimum Gasteiger partial charge on any atom is -0.378 e. The fourth-order valence-corrected chi connectivity index (χ4v) is 5.94. The Morgan fingerprint density at radius 3 is 2.25 bits per heavy atom. The second kappa shape index (κ2) is 5.77. The fourth-order valence-electron chi connectivity index (χ4n) is 5.94. The highest BCUT2D eigenvalue weighted by molar-refractivity contribution is 6.23. The van der Waals surface area contributed by atoms with E-state index in [1.165, 1.54) is 4.90 Å². The van der Waals surface area contributed by atoms with Gasteiger partial charge < -0.3 is 9.64 Å². The van der Waals surface area contributed by atoms with E-state index >= 15 is 0 Å². The zero-order chi connectivity index (χ0) is 19.0. The van der Waals surface area contributed by atoms with Gasteiger partial charge in [-0.25, -0.2) is 4.90 Å². The number of rotatable bonds is 2. The Balaban J connectivity index is 1.31. The van der Waals surface area contributed by atoms with Crippen molar-refractivity contribution >= 4 is 23.4 Å². The van der Waals surface area contributed by atoms with Gasteiger partial charge in [-0.1, -0.05) is 18.2 Å². The van der Waals surface area contributed by atoms with Crippen molar-refractivity contribution in [1.29, 1.82) is 0 Å². The molecule has 3 amide bonds. The van der Waals surface area contributed by atoms with E-state index in [2.05, 4.69) is 12.2 Å². The third kappa shape index (κ3) is 2.15. The van der Waals surface area contributed by atoms with Gasteiger partial charge in [-0.15, -0.1) is 0 Å². The Hall–Kier alpha value is -2.47. The summed E-state index contributed by atoms with van der Waals surface area (Å²) in [6.07, 6.45) is 5.50. The summed E-state index contributed by atoms with van der Waals surface area (Å²) in [6, 6.07) is 6.97. The Morgan fingerprint density at radius 2 is 1.61 bits per heavy atom. The van der Waals surface area contributed by atoms with Gasteiger partial charge in [-0.2, -0.15) is 0 Å². The molecule has 2 saturated carbocycles. The summed E-state index contributed by atoms with van der Waals surface area (Å²) >= 11 is 0. The molecule has 0 radical (unpaired) electrons. The molecular formula is C22H22N2O4. The van der Waals surface area contributed by atoms with Gasteiger partial charge >= 0.3 is 0 Å². The highest BCUT2D eigenvalue weighted by Crippen LogP contribution is 2.65. The maximum Gasteiger partial charge on any atom is 0.254 e. The Morgan fingerprint density at radius 1 is 0.964 bits per heavy atom. The summed E-state index contributed by atoms with van der Waals surface area (Å²) in [7, 11) is 0. The Kier molecular flexibility index (Phi) is 3.39. The molecule has 1 aromatic rings. The molecule has 144 valence electrons. The summed E-state index contributed by atoms with van der Waals surface area (Å²) in [5, 5.41) is 0. The third-order valence-corrected chi connectivity index (χ3v) is 7.31. The predicted molar refractivity (Wildman–Crippen MR) is 100 cm³/mol. The average molecular weight is 378 g/mol. The second-order valence-electron chi connectivity index (χ2n) is 8.62. The minimum atomic E-state index is -0.218. The van der Waals surface area contributed by atoms with Crippen LogP contribution in [-0.2, 0) is 14.3 Å². The van der Waals surface area contributed by atoms with E-state index in [-0.39, 0.29) is 41.4 Å². The molecule has 0 N–H and O–H groups in total. The van der Waals surface area contributed by atoms with Crippen LogP contribution in [0, 0.1) is 35.5 Å². The molecule has 6 heteroatoms. The molecule has 2 saturated heterocycles. The van der Waals surface area contributed by atoms with Crippen molar-refractivity contribution < 1.29 is 19.1 Å². The van der Waals surface area contributed by atoms with Gasteiger partial charge in [-0.05, 0) is 48.3 Å². The lowest BCUT2D eigenvalue weighted by Crippen LogP contribution is -2.40. The number of carbonyl (C=O) groups is 3. The standard InChI is InChI=1S/C22H22N2O4/c25-20(23-6-8-28-9-7-23)12-2-1-3-13(10-12)24-21(26)18-14-4-5-15(17-11-16(14)17)19(18)22(24)27/h1-5,10,14-19H,6-9,11H2/t14-,15-,16-,17+,18+,19+/m0/s1. The van der Waals surface area contributed by atoms with Crippen molar-refractivity contribution in [1.82, 2.24) is 4.90 Å². The lowest BCUT2D eigenvalue weighted by atomic mass is 9.63. The van der Waals surface area contributed by atoms with Gasteiger partial charge in [0.05, 0.1) is 30.7 Å². The number of morpholine rings is 1. The topological polar surface area (TPSA) is 66.9 Å². The Bertz CT molecular complexity index is 883. The number of imide groups is 1. The van der Waals surface area contributed by atoms with Gasteiger partial charge in [0.1, 0.15) is 0 Å². The molecule has 7 rings (SSSR count). The maximum atomic E-state index is 13.2. The average Bonchev–Trinajstić information content (AvgIpc) is 3.52. The van der Waals surface area contributed by atoms with Crippen molar-refractivity contribution in [2.24, 2.45) is 35.5 Å². The highest BCUT2D eigenvalue weighted by atomic mass is 16.5. The Labute approximate surface area is 163 Å². The van der Waals surface area contributed by atoms with E-state index in [0.717, 1.165) is 6.42 Å². The molecular weight excluding hydrogens is 356 g/mol. The first kappa shape index (κ1) is 16.5. The van der Waals surface area contributed by atoms with E-state index in [1.807, 2.05) is 0 Å². The highest BCUT2D eigenvalue weighted by Gasteiger charge is 2.67. The molecule has 0 spiro atoms. The van der Waals surface area contributed by atoms with Crippen molar-refractivity contribution in [3.8, 4) is 0 Å². The van der Waals surface area contributed by atoms with Gasteiger partial charge in [0.2, 0.25) is 11.8 Å². The summed E-state index contributed by atoms with van der Waals surface area (Å²) in [5.41, 5.74) is 1.04. The second-order valence-corrected chi connectivity index (χ2v) is 8.62. The molecule has 4 fully saturated rings. The summed E-state index contributed by atoms with van der Waals surface area (Å²) in [6.45, 7) is 2.20. The number of anilines is 1. The van der Waals surface area contributed by atoms with Crippen LogP contribution < -0.4 is 4.90 Å². The molecule has 0 aromatic heterocycles. The number of hydrogen-bond donors (Lipinski definition) is 0. The lowest BCUT2D eigenvalue weighted by Gasteiger charge is -2.37. The smallest absolute Gasteiger partial charge is 0.254 e. The van der Waals surface area contributed by atoms with E-state index in [4.69, 9.17) is 4.74 Å². The molecule has 4 aliphatic carbocycles. The van der Waals surface area contributed by atoms with Crippen molar-refractivity contribution in [2.75, 3.05) is 31.2 Å². The first-order valence-corrected chi connectivity index (χ1v) is 10.2. The van der Waals surface area contributed by atoms with Crippen LogP contribution in [0.5, 0.6) is 0 Å². The van der Waals surface area contributed by atoms with E-state index in [1.54, 1.807) is 29.2 Å². The number of ether oxygens (including phenoxy) is 1. The zero-order valence-electron chi connectivity index (χ0n) is 15.5. The monoisotopic (exact) mass is 378 g/mol. The largest absolute Gasteiger partial charge is 0.378 e. The lowest BCUT2D eigenvalue weighted by molar-refractivity contribution is -0.124. The zero-order valence-corrected chi connectivity index (χ0v) is 15.5. The van der Waals surface area contributed by atoms with Crippen LogP contribution >= 0.6 is 0 Å². The van der Waals surface area contributed by atoms with E-state index < -0.39 is 0 Å². The van der Waals surface area contributed by atoms with Crippen LogP contribution in [0.3, 0.4) is 0 Å². The number of hydrogen-bond acceptors (Lipinski definition) is 4. The van der Waals surface area contributed by atoms with Crippen LogP contribution in [0.25, 0.3) is 0 Å². The minimum absolute atomic E-state index is 0.0790. The van der Waals surface area contributed by atoms with Gasteiger partial charge in [0.15, 0.2) is 0 Å². The number of amides is 3. The third-order valence-electron chi connectivity index (χ3n) is 7.31. The van der Waals surface area contributed by atoms with Crippen molar-refractivity contribution in [3.63, 3.8) is 0 Å². The first-order valence-electron chi connectivity index (χ1n) is 10.2. The van der Waals surface area contributed by atoms with Gasteiger partial charge in [0, 0.05) is 18.7 Å². The van der Waals surface area contributed by atoms with Crippen molar-refractivity contribution in [3.05, 3.63) is 42.0 Å². The SMILES string of the molecule is O=C(c1cccc(N2C(=O)[C@@H]3[C@H]4C=C[C@@H]([C@@H]5C[C@H]45)[C@H]3C2=O)c1)N1CCOCC1. The van der Waals surface area contributed by atoms with Crippen LogP contribution in [-0.4, -0.2) is 48.9 Å². The molecule has 28 heavy (non-hydrogen) atoms. The van der Waals surface area contributed by atoms with Crippen LogP contribution in [0.4, 0.5) is 5.69 Å². The fraction of sp³-hybridized carbons (Fsp3) is 0.500. The molecule has 6 atom stereocenters. The first-order chi connectivity index (χ1) is 13.6. The molecule has 6 nitrogen and oxygen atoms in total. The van der Waals surface area contributed by atoms with E-state index in [9.17, 15) is 14.4 Å². The molecule has 2 bridgehead atoms. The molecule has 2 aliphatic heterocycles. The molecule has 1 aromatic carbocycles. The quantitative estimate of drug-likeness (QED) is 0.581. The summed E-state index contributed by atoms with van der Waals surface area (Å²) < 4.78 is 5.31. The van der Waals surface area contributed by atoms with Crippen LogP contribution in [0.15, 0.2) is 36.4 Å². The van der Waals surface area contributed by atoms with E-state index in [0.29, 0.717) is 49.4 Å². The van der Waals surface area contributed by atoms with Gasteiger partial charge in [0.25, 0.3) is 5.91 Å². The summed E-state index contributed by atoms with van der Waals surface area (Å²) in [5.74, 6) is 0.897. The van der Waals surface area contributed by atoms with Crippen molar-refractivity contribution in [2.45, 2.75) is 6.42 Å². The molecule has 2 heterocycles.